The van der Waals surface area contributed by atoms with E-state index in [1.807, 2.05) is 37.3 Å². The molecule has 2 aromatic heterocycles. The fourth-order valence-electron chi connectivity index (χ4n) is 3.18. The normalized spacial score (nSPS) is 12.2. The Morgan fingerprint density at radius 3 is 2.52 bits per heavy atom. The van der Waals surface area contributed by atoms with Gasteiger partial charge in [-0.3, -0.25) is 4.79 Å². The van der Waals surface area contributed by atoms with Crippen LogP contribution in [0.2, 0.25) is 5.15 Å². The number of amides is 2. The molecule has 174 valence electrons. The highest BCUT2D eigenvalue weighted by molar-refractivity contribution is 6.29. The SMILES string of the molecule is CCn1nc(-c2ccnc(Cl)c2)cc1NC(=O)C(Cc1ccccc1)NC(=O)OC(C)(C)C. The van der Waals surface area contributed by atoms with Crippen LogP contribution in [0.4, 0.5) is 10.6 Å². The van der Waals surface area contributed by atoms with Crippen LogP contribution in [-0.4, -0.2) is 38.4 Å². The first-order chi connectivity index (χ1) is 15.6. The second-order valence-electron chi connectivity index (χ2n) is 8.48. The lowest BCUT2D eigenvalue weighted by Gasteiger charge is -2.23. The number of anilines is 1. The second kappa shape index (κ2) is 10.5. The first kappa shape index (κ1) is 24.3. The van der Waals surface area contributed by atoms with Crippen LogP contribution >= 0.6 is 11.6 Å². The third-order valence-electron chi connectivity index (χ3n) is 4.64. The van der Waals surface area contributed by atoms with Gasteiger partial charge in [0, 0.05) is 30.8 Å². The fraction of sp³-hybridized carbons (Fsp3) is 0.333. The highest BCUT2D eigenvalue weighted by Gasteiger charge is 2.26. The molecule has 0 fully saturated rings. The molecule has 33 heavy (non-hydrogen) atoms. The number of aryl methyl sites for hydroxylation is 1. The molecule has 1 aromatic carbocycles. The Morgan fingerprint density at radius 1 is 1.15 bits per heavy atom. The molecule has 0 aliphatic carbocycles. The van der Waals surface area contributed by atoms with Gasteiger partial charge in [0.25, 0.3) is 0 Å². The van der Waals surface area contributed by atoms with Crippen molar-refractivity contribution in [3.05, 3.63) is 65.4 Å². The number of hydrogen-bond acceptors (Lipinski definition) is 5. The Hall–Kier alpha value is -3.39. The number of carbonyl (C=O) groups excluding carboxylic acids is 2. The van der Waals surface area contributed by atoms with Crippen molar-refractivity contribution in [2.75, 3.05) is 5.32 Å². The van der Waals surface area contributed by atoms with Crippen LogP contribution in [0.3, 0.4) is 0 Å². The molecule has 9 heteroatoms. The van der Waals surface area contributed by atoms with Crippen LogP contribution < -0.4 is 10.6 Å². The summed E-state index contributed by atoms with van der Waals surface area (Å²) in [5, 5.41) is 10.5. The van der Waals surface area contributed by atoms with Crippen LogP contribution in [-0.2, 0) is 22.5 Å². The zero-order chi connectivity index (χ0) is 24.0. The molecule has 1 unspecified atom stereocenters. The van der Waals surface area contributed by atoms with E-state index in [2.05, 4.69) is 20.7 Å². The van der Waals surface area contributed by atoms with Crippen molar-refractivity contribution < 1.29 is 14.3 Å². The van der Waals surface area contributed by atoms with Gasteiger partial charge < -0.3 is 15.4 Å². The summed E-state index contributed by atoms with van der Waals surface area (Å²) in [5.41, 5.74) is 1.66. The van der Waals surface area contributed by atoms with E-state index in [9.17, 15) is 9.59 Å². The van der Waals surface area contributed by atoms with E-state index in [0.29, 0.717) is 29.6 Å². The summed E-state index contributed by atoms with van der Waals surface area (Å²) in [6.45, 7) is 7.77. The van der Waals surface area contributed by atoms with E-state index in [-0.39, 0.29) is 5.91 Å². The summed E-state index contributed by atoms with van der Waals surface area (Å²) in [7, 11) is 0. The predicted molar refractivity (Wildman–Crippen MR) is 128 cm³/mol. The maximum Gasteiger partial charge on any atom is 0.408 e. The Bertz CT molecular complexity index is 1110. The van der Waals surface area contributed by atoms with Gasteiger partial charge in [-0.2, -0.15) is 5.10 Å². The monoisotopic (exact) mass is 469 g/mol. The van der Waals surface area contributed by atoms with E-state index in [1.165, 1.54) is 0 Å². The van der Waals surface area contributed by atoms with Gasteiger partial charge >= 0.3 is 6.09 Å². The zero-order valence-corrected chi connectivity index (χ0v) is 19.9. The number of alkyl carbamates (subject to hydrolysis) is 1. The molecule has 0 aliphatic rings. The summed E-state index contributed by atoms with van der Waals surface area (Å²) in [6, 6.07) is 13.9. The number of rotatable bonds is 7. The third kappa shape index (κ3) is 7.05. The van der Waals surface area contributed by atoms with Crippen molar-refractivity contribution in [1.29, 1.82) is 0 Å². The largest absolute Gasteiger partial charge is 0.444 e. The molecule has 0 saturated carbocycles. The van der Waals surface area contributed by atoms with Gasteiger partial charge in [-0.25, -0.2) is 14.5 Å². The number of aromatic nitrogens is 3. The number of pyridine rings is 1. The van der Waals surface area contributed by atoms with Crippen molar-refractivity contribution in [3.63, 3.8) is 0 Å². The minimum Gasteiger partial charge on any atom is -0.444 e. The van der Waals surface area contributed by atoms with Gasteiger partial charge in [-0.15, -0.1) is 0 Å². The second-order valence-corrected chi connectivity index (χ2v) is 8.86. The quantitative estimate of drug-likeness (QED) is 0.489. The van der Waals surface area contributed by atoms with Crippen LogP contribution in [0, 0.1) is 0 Å². The van der Waals surface area contributed by atoms with E-state index in [4.69, 9.17) is 16.3 Å². The third-order valence-corrected chi connectivity index (χ3v) is 4.85. The topological polar surface area (TPSA) is 98.1 Å². The highest BCUT2D eigenvalue weighted by Crippen LogP contribution is 2.24. The smallest absolute Gasteiger partial charge is 0.408 e. The molecule has 3 aromatic rings. The predicted octanol–water partition coefficient (Wildman–Crippen LogP) is 4.69. The molecule has 0 saturated heterocycles. The summed E-state index contributed by atoms with van der Waals surface area (Å²) < 4.78 is 7.03. The van der Waals surface area contributed by atoms with Crippen molar-refractivity contribution in [1.82, 2.24) is 20.1 Å². The van der Waals surface area contributed by atoms with E-state index in [1.54, 1.807) is 49.8 Å². The number of hydrogen-bond donors (Lipinski definition) is 2. The molecule has 0 aliphatic heterocycles. The molecule has 8 nitrogen and oxygen atoms in total. The summed E-state index contributed by atoms with van der Waals surface area (Å²) in [6.07, 6.45) is 1.25. The zero-order valence-electron chi connectivity index (χ0n) is 19.1. The van der Waals surface area contributed by atoms with Gasteiger partial charge in [-0.05, 0) is 45.4 Å². The van der Waals surface area contributed by atoms with Gasteiger partial charge in [0.2, 0.25) is 5.91 Å². The molecule has 2 N–H and O–H groups in total. The number of nitrogens with one attached hydrogen (secondary N) is 2. The lowest BCUT2D eigenvalue weighted by atomic mass is 10.1. The standard InChI is InChI=1S/C24H28ClN5O3/c1-5-30-21(15-18(29-30)17-11-12-26-20(25)14-17)28-22(31)19(13-16-9-7-6-8-10-16)27-23(32)33-24(2,3)4/h6-12,14-15,19H,5,13H2,1-4H3,(H,27,32)(H,28,31). The first-order valence-corrected chi connectivity index (χ1v) is 11.1. The van der Waals surface area contributed by atoms with Gasteiger partial charge in [-0.1, -0.05) is 41.9 Å². The molecule has 0 bridgehead atoms. The summed E-state index contributed by atoms with van der Waals surface area (Å²) in [5.74, 6) is 0.133. The van der Waals surface area contributed by atoms with E-state index >= 15 is 0 Å². The van der Waals surface area contributed by atoms with Crippen LogP contribution in [0.5, 0.6) is 0 Å². The Balaban J connectivity index is 1.82. The molecular weight excluding hydrogens is 442 g/mol. The van der Waals surface area contributed by atoms with Crippen molar-refractivity contribution >= 4 is 29.4 Å². The number of halogens is 1. The van der Waals surface area contributed by atoms with E-state index < -0.39 is 17.7 Å². The number of carbonyl (C=O) groups is 2. The van der Waals surface area contributed by atoms with Gasteiger partial charge in [0.15, 0.2) is 0 Å². The Kier molecular flexibility index (Phi) is 7.71. The number of nitrogens with zero attached hydrogens (tertiary/aromatic N) is 3. The summed E-state index contributed by atoms with van der Waals surface area (Å²) >= 11 is 6.00. The minimum absolute atomic E-state index is 0.305. The number of ether oxygens (including phenoxy) is 1. The molecule has 0 spiro atoms. The first-order valence-electron chi connectivity index (χ1n) is 10.7. The maximum absolute atomic E-state index is 13.2. The van der Waals surface area contributed by atoms with Crippen molar-refractivity contribution in [2.45, 2.75) is 52.3 Å². The maximum atomic E-state index is 13.2. The molecule has 1 atom stereocenters. The average molecular weight is 470 g/mol. The molecule has 3 rings (SSSR count). The van der Waals surface area contributed by atoms with Crippen molar-refractivity contribution in [3.8, 4) is 11.3 Å². The molecule has 2 amide bonds. The van der Waals surface area contributed by atoms with Gasteiger partial charge in [0.1, 0.15) is 22.6 Å². The molecule has 2 heterocycles. The summed E-state index contributed by atoms with van der Waals surface area (Å²) in [4.78, 5) is 29.6. The highest BCUT2D eigenvalue weighted by atomic mass is 35.5. The fourth-order valence-corrected chi connectivity index (χ4v) is 3.36. The molecular formula is C24H28ClN5O3. The number of benzene rings is 1. The lowest BCUT2D eigenvalue weighted by molar-refractivity contribution is -0.118. The van der Waals surface area contributed by atoms with Gasteiger partial charge in [0.05, 0.1) is 5.69 Å². The lowest BCUT2D eigenvalue weighted by Crippen LogP contribution is -2.47. The van der Waals surface area contributed by atoms with E-state index in [0.717, 1.165) is 11.1 Å². The average Bonchev–Trinajstić information content (AvgIpc) is 3.15. The Labute approximate surface area is 198 Å². The van der Waals surface area contributed by atoms with Crippen LogP contribution in [0.25, 0.3) is 11.3 Å². The van der Waals surface area contributed by atoms with Crippen LogP contribution in [0.15, 0.2) is 54.7 Å². The van der Waals surface area contributed by atoms with Crippen LogP contribution in [0.1, 0.15) is 33.3 Å². The molecule has 0 radical (unpaired) electrons. The Morgan fingerprint density at radius 2 is 1.88 bits per heavy atom. The minimum atomic E-state index is -0.846. The van der Waals surface area contributed by atoms with Crippen molar-refractivity contribution in [2.24, 2.45) is 0 Å².